The van der Waals surface area contributed by atoms with Crippen molar-refractivity contribution in [3.8, 4) is 0 Å². The lowest BCUT2D eigenvalue weighted by atomic mass is 10.0. The topological polar surface area (TPSA) is 49.3 Å². The van der Waals surface area contributed by atoms with Crippen molar-refractivity contribution in [2.75, 3.05) is 6.54 Å². The standard InChI is InChI=1S/C18H34O2.C12H16F3N.ClH/c1-2-3-4-5-6-7-8-9-10-11-12-13-14-15-16-17-18(19)20;1-3-16-9(2)7-10-5-4-6-11(8-10)12(13,14)15;/h9-10H,2-8,11-17H2,1H3,(H,19,20);4-6,8-9,16H,3,7H2,1-2H3;1H/b10-9-;;. The van der Waals surface area contributed by atoms with Crippen LogP contribution in [0.1, 0.15) is 122 Å². The predicted octanol–water partition coefficient (Wildman–Crippen LogP) is 9.78. The van der Waals surface area contributed by atoms with E-state index in [9.17, 15) is 18.0 Å². The van der Waals surface area contributed by atoms with Crippen LogP contribution < -0.4 is 5.32 Å². The Morgan fingerprint density at radius 1 is 0.919 bits per heavy atom. The first kappa shape index (κ1) is 37.6. The second kappa shape index (κ2) is 24.8. The first-order valence-electron chi connectivity index (χ1n) is 14.0. The number of rotatable bonds is 19. The quantitative estimate of drug-likeness (QED) is 0.133. The summed E-state index contributed by atoms with van der Waals surface area (Å²) in [7, 11) is 0. The highest BCUT2D eigenvalue weighted by Gasteiger charge is 2.30. The zero-order valence-electron chi connectivity index (χ0n) is 23.3. The lowest BCUT2D eigenvalue weighted by molar-refractivity contribution is -0.138. The third-order valence-corrected chi connectivity index (χ3v) is 6.00. The van der Waals surface area contributed by atoms with Crippen molar-refractivity contribution >= 4 is 18.4 Å². The molecule has 7 heteroatoms. The number of carbonyl (C=O) groups is 1. The summed E-state index contributed by atoms with van der Waals surface area (Å²) in [5.74, 6) is -0.664. The summed E-state index contributed by atoms with van der Waals surface area (Å²) in [6.45, 7) is 7.02. The van der Waals surface area contributed by atoms with Crippen LogP contribution in [-0.4, -0.2) is 23.7 Å². The zero-order chi connectivity index (χ0) is 27.1. The van der Waals surface area contributed by atoms with Crippen LogP contribution in [0.15, 0.2) is 36.4 Å². The van der Waals surface area contributed by atoms with Crippen LogP contribution in [-0.2, 0) is 17.4 Å². The van der Waals surface area contributed by atoms with Crippen molar-refractivity contribution in [3.63, 3.8) is 0 Å². The third kappa shape index (κ3) is 24.6. The minimum absolute atomic E-state index is 0. The monoisotopic (exact) mass is 549 g/mol. The molecule has 0 aliphatic rings. The molecule has 0 bridgehead atoms. The van der Waals surface area contributed by atoms with E-state index in [1.807, 2.05) is 13.8 Å². The fourth-order valence-electron chi connectivity index (χ4n) is 4.00. The van der Waals surface area contributed by atoms with Crippen molar-refractivity contribution in [2.24, 2.45) is 0 Å². The SMILES string of the molecule is CCCCCCCC/C=C\CCCCCCCC(=O)O.CCNC(C)Cc1cccc(C(F)(F)F)c1.Cl. The molecule has 37 heavy (non-hydrogen) atoms. The molecule has 0 aromatic heterocycles. The summed E-state index contributed by atoms with van der Waals surface area (Å²) in [6, 6.07) is 5.68. The smallest absolute Gasteiger partial charge is 0.416 e. The molecule has 2 N–H and O–H groups in total. The molecule has 0 spiro atoms. The third-order valence-electron chi connectivity index (χ3n) is 6.00. The molecule has 0 saturated carbocycles. The molecule has 0 amide bonds. The van der Waals surface area contributed by atoms with Crippen molar-refractivity contribution < 1.29 is 23.1 Å². The Kier molecular flexibility index (Phi) is 25.2. The maximum absolute atomic E-state index is 12.4. The van der Waals surface area contributed by atoms with Gasteiger partial charge in [0.1, 0.15) is 0 Å². The van der Waals surface area contributed by atoms with Crippen LogP contribution in [0.5, 0.6) is 0 Å². The van der Waals surface area contributed by atoms with Crippen LogP contribution in [0, 0.1) is 0 Å². The molecular formula is C30H51ClF3NO2. The molecule has 1 aromatic rings. The Morgan fingerprint density at radius 2 is 1.46 bits per heavy atom. The Bertz CT molecular complexity index is 696. The summed E-state index contributed by atoms with van der Waals surface area (Å²) in [5, 5.41) is 11.7. The number of carboxylic acids is 1. The van der Waals surface area contributed by atoms with E-state index in [1.165, 1.54) is 82.8 Å². The van der Waals surface area contributed by atoms with Gasteiger partial charge in [-0.05, 0) is 63.6 Å². The van der Waals surface area contributed by atoms with Gasteiger partial charge < -0.3 is 10.4 Å². The Labute approximate surface area is 230 Å². The molecular weight excluding hydrogens is 499 g/mol. The van der Waals surface area contributed by atoms with Crippen LogP contribution in [0.25, 0.3) is 0 Å². The van der Waals surface area contributed by atoms with Crippen LogP contribution in [0.3, 0.4) is 0 Å². The fourth-order valence-corrected chi connectivity index (χ4v) is 4.00. The van der Waals surface area contributed by atoms with Gasteiger partial charge in [-0.2, -0.15) is 13.2 Å². The number of allylic oxidation sites excluding steroid dienone is 2. The largest absolute Gasteiger partial charge is 0.481 e. The van der Waals surface area contributed by atoms with Crippen LogP contribution in [0.2, 0.25) is 0 Å². The van der Waals surface area contributed by atoms with Gasteiger partial charge in [-0.15, -0.1) is 12.4 Å². The van der Waals surface area contributed by atoms with E-state index in [0.717, 1.165) is 25.5 Å². The number of likely N-dealkylation sites (N-methyl/N-ethyl adjacent to an activating group) is 1. The number of nitrogens with one attached hydrogen (secondary N) is 1. The van der Waals surface area contributed by atoms with E-state index in [0.29, 0.717) is 18.4 Å². The molecule has 0 fully saturated rings. The van der Waals surface area contributed by atoms with Crippen molar-refractivity contribution in [3.05, 3.63) is 47.5 Å². The van der Waals surface area contributed by atoms with E-state index in [4.69, 9.17) is 5.11 Å². The van der Waals surface area contributed by atoms with Gasteiger partial charge >= 0.3 is 12.1 Å². The lowest BCUT2D eigenvalue weighted by Crippen LogP contribution is -2.27. The minimum Gasteiger partial charge on any atom is -0.481 e. The number of unbranched alkanes of at least 4 members (excludes halogenated alkanes) is 11. The Balaban J connectivity index is 0. The van der Waals surface area contributed by atoms with Crippen molar-refractivity contribution in [2.45, 2.75) is 129 Å². The normalized spacial score (nSPS) is 12.1. The summed E-state index contributed by atoms with van der Waals surface area (Å²) in [4.78, 5) is 10.3. The summed E-state index contributed by atoms with van der Waals surface area (Å²) >= 11 is 0. The molecule has 3 nitrogen and oxygen atoms in total. The highest BCUT2D eigenvalue weighted by Crippen LogP contribution is 2.29. The maximum Gasteiger partial charge on any atom is 0.416 e. The predicted molar refractivity (Wildman–Crippen MR) is 153 cm³/mol. The molecule has 1 atom stereocenters. The highest BCUT2D eigenvalue weighted by molar-refractivity contribution is 5.85. The molecule has 216 valence electrons. The van der Waals surface area contributed by atoms with Crippen LogP contribution >= 0.6 is 12.4 Å². The number of halogens is 4. The summed E-state index contributed by atoms with van der Waals surface area (Å²) < 4.78 is 37.3. The van der Waals surface area contributed by atoms with Crippen molar-refractivity contribution in [1.29, 1.82) is 0 Å². The molecule has 0 aliphatic carbocycles. The molecule has 0 heterocycles. The van der Waals surface area contributed by atoms with Gasteiger partial charge in [0.15, 0.2) is 0 Å². The number of alkyl halides is 3. The number of hydrogen-bond donors (Lipinski definition) is 2. The van der Waals surface area contributed by atoms with Gasteiger partial charge in [-0.3, -0.25) is 4.79 Å². The number of hydrogen-bond acceptors (Lipinski definition) is 2. The number of carboxylic acid groups (broad SMARTS) is 1. The van der Waals surface area contributed by atoms with Gasteiger partial charge in [-0.25, -0.2) is 0 Å². The molecule has 1 aromatic carbocycles. The summed E-state index contributed by atoms with van der Waals surface area (Å²) in [6.07, 6.45) is 17.6. The minimum atomic E-state index is -4.25. The van der Waals surface area contributed by atoms with Gasteiger partial charge in [0.2, 0.25) is 0 Å². The van der Waals surface area contributed by atoms with E-state index in [-0.39, 0.29) is 18.4 Å². The van der Waals surface area contributed by atoms with E-state index >= 15 is 0 Å². The Morgan fingerprint density at radius 3 is 1.97 bits per heavy atom. The number of aliphatic carboxylic acids is 1. The van der Waals surface area contributed by atoms with E-state index in [1.54, 1.807) is 6.07 Å². The molecule has 1 rings (SSSR count). The average molecular weight is 550 g/mol. The maximum atomic E-state index is 12.4. The Hall–Kier alpha value is -1.53. The summed E-state index contributed by atoms with van der Waals surface area (Å²) in [5.41, 5.74) is 0.136. The van der Waals surface area contributed by atoms with Gasteiger partial charge in [0, 0.05) is 12.5 Å². The first-order valence-corrected chi connectivity index (χ1v) is 14.0. The van der Waals surface area contributed by atoms with Crippen molar-refractivity contribution in [1.82, 2.24) is 5.32 Å². The first-order chi connectivity index (χ1) is 17.2. The van der Waals surface area contributed by atoms with E-state index in [2.05, 4.69) is 24.4 Å². The number of benzene rings is 1. The molecule has 0 radical (unpaired) electrons. The lowest BCUT2D eigenvalue weighted by Gasteiger charge is -2.13. The molecule has 1 unspecified atom stereocenters. The van der Waals surface area contributed by atoms with Gasteiger partial charge in [0.05, 0.1) is 5.56 Å². The average Bonchev–Trinajstić information content (AvgIpc) is 2.81. The van der Waals surface area contributed by atoms with Gasteiger partial charge in [0.25, 0.3) is 0 Å². The second-order valence-electron chi connectivity index (χ2n) is 9.59. The molecule has 0 aliphatic heterocycles. The fraction of sp³-hybridized carbons (Fsp3) is 0.700. The molecule has 0 saturated heterocycles. The second-order valence-corrected chi connectivity index (χ2v) is 9.59. The zero-order valence-corrected chi connectivity index (χ0v) is 24.1. The highest BCUT2D eigenvalue weighted by atomic mass is 35.5. The van der Waals surface area contributed by atoms with Gasteiger partial charge in [-0.1, -0.05) is 95.6 Å². The van der Waals surface area contributed by atoms with Crippen LogP contribution in [0.4, 0.5) is 13.2 Å². The van der Waals surface area contributed by atoms with E-state index < -0.39 is 17.7 Å².